The molecular weight excluding hydrogens is 284 g/mol. The van der Waals surface area contributed by atoms with Crippen LogP contribution in [0.25, 0.3) is 10.9 Å². The molecule has 2 N–H and O–H groups in total. The van der Waals surface area contributed by atoms with Crippen molar-refractivity contribution in [2.24, 2.45) is 16.1 Å². The van der Waals surface area contributed by atoms with Crippen LogP contribution in [0.5, 0.6) is 5.88 Å². The maximum absolute atomic E-state index is 10.4. The largest absolute Gasteiger partial charge is 0.493 e. The summed E-state index contributed by atoms with van der Waals surface area (Å²) in [5, 5.41) is 22.6. The van der Waals surface area contributed by atoms with E-state index in [2.05, 4.69) is 29.4 Å². The number of hydrogen-bond acceptors (Lipinski definition) is 3. The normalized spacial score (nSPS) is 11.6. The highest BCUT2D eigenvalue weighted by Gasteiger charge is 2.16. The van der Waals surface area contributed by atoms with Crippen LogP contribution in [0, 0.1) is 5.92 Å². The first kappa shape index (κ1) is 15.4. The highest BCUT2D eigenvalue weighted by molar-refractivity contribution is 7.80. The lowest BCUT2D eigenvalue weighted by molar-refractivity contribution is 0.401. The molecule has 0 amide bonds. The molecule has 0 aliphatic rings. The summed E-state index contributed by atoms with van der Waals surface area (Å²) in [6, 6.07) is 7.77. The molecule has 0 atom stereocenters. The van der Waals surface area contributed by atoms with Crippen LogP contribution in [-0.2, 0) is 6.54 Å². The van der Waals surface area contributed by atoms with Gasteiger partial charge in [-0.25, -0.2) is 0 Å². The Labute approximate surface area is 129 Å². The highest BCUT2D eigenvalue weighted by Crippen LogP contribution is 2.39. The molecule has 0 saturated heterocycles. The Morgan fingerprint density at radius 3 is 2.76 bits per heavy atom. The summed E-state index contributed by atoms with van der Waals surface area (Å²) in [5.74, 6) is 0.548. The van der Waals surface area contributed by atoms with Gasteiger partial charge in [0.25, 0.3) is 0 Å². The van der Waals surface area contributed by atoms with E-state index < -0.39 is 0 Å². The Hall–Kier alpha value is -1.95. The van der Waals surface area contributed by atoms with E-state index in [0.717, 1.165) is 17.4 Å². The fourth-order valence-corrected chi connectivity index (χ4v) is 2.39. The van der Waals surface area contributed by atoms with E-state index in [1.165, 1.54) is 0 Å². The summed E-state index contributed by atoms with van der Waals surface area (Å²) in [4.78, 5) is 0. The van der Waals surface area contributed by atoms with Gasteiger partial charge < -0.3 is 15.0 Å². The first-order chi connectivity index (χ1) is 10.0. The average molecular weight is 304 g/mol. The second-order valence-corrected chi connectivity index (χ2v) is 5.62. The number of aromatic nitrogens is 1. The molecule has 2 aromatic rings. The van der Waals surface area contributed by atoms with E-state index in [-0.39, 0.29) is 5.88 Å². The Balaban J connectivity index is 2.48. The van der Waals surface area contributed by atoms with Crippen molar-refractivity contribution >= 4 is 33.9 Å². The number of para-hydroxylation sites is 1. The number of nitrogens with zero attached hydrogens (tertiary/aromatic N) is 3. The predicted molar refractivity (Wildman–Crippen MR) is 89.2 cm³/mol. The molecule has 1 aromatic carbocycles. The van der Waals surface area contributed by atoms with Gasteiger partial charge in [-0.3, -0.25) is 0 Å². The van der Waals surface area contributed by atoms with E-state index >= 15 is 0 Å². The maximum atomic E-state index is 10.4. The van der Waals surface area contributed by atoms with Gasteiger partial charge in [0.1, 0.15) is 0 Å². The summed E-state index contributed by atoms with van der Waals surface area (Å²) >= 11 is 5.04. The van der Waals surface area contributed by atoms with Crippen molar-refractivity contribution in [1.82, 2.24) is 9.88 Å². The number of fused-ring (bicyclic) bond motifs is 1. The molecule has 1 aromatic heterocycles. The number of hydrogen-bond donors (Lipinski definition) is 2. The van der Waals surface area contributed by atoms with Gasteiger partial charge in [-0.2, -0.15) is 0 Å². The summed E-state index contributed by atoms with van der Waals surface area (Å²) in [6.45, 7) is 7.57. The number of benzene rings is 1. The van der Waals surface area contributed by atoms with E-state index in [9.17, 15) is 5.11 Å². The smallest absolute Gasteiger partial charge is 0.220 e. The molecule has 0 unspecified atom stereocenters. The number of rotatable bonds is 4. The third-order valence-electron chi connectivity index (χ3n) is 3.03. The second kappa shape index (κ2) is 6.67. The monoisotopic (exact) mass is 304 g/mol. The van der Waals surface area contributed by atoms with Gasteiger partial charge in [0.2, 0.25) is 11.0 Å². The lowest BCUT2D eigenvalue weighted by Gasteiger charge is -2.09. The molecule has 21 heavy (non-hydrogen) atoms. The third-order valence-corrected chi connectivity index (χ3v) is 3.26. The molecule has 0 saturated carbocycles. The molecule has 1 heterocycles. The van der Waals surface area contributed by atoms with Gasteiger partial charge in [0, 0.05) is 18.5 Å². The minimum absolute atomic E-state index is 0.132. The SMILES string of the molecule is CCNC(=S)N=Nc1c(O)n(CC(C)C)c2ccccc12. The zero-order valence-electron chi connectivity index (χ0n) is 12.5. The van der Waals surface area contributed by atoms with Crippen molar-refractivity contribution in [3.05, 3.63) is 24.3 Å². The number of azo groups is 1. The van der Waals surface area contributed by atoms with Crippen LogP contribution in [0.15, 0.2) is 34.5 Å². The molecule has 0 fully saturated rings. The van der Waals surface area contributed by atoms with Crippen LogP contribution in [0.2, 0.25) is 0 Å². The van der Waals surface area contributed by atoms with E-state index in [1.54, 1.807) is 0 Å². The van der Waals surface area contributed by atoms with Gasteiger partial charge in [0.15, 0.2) is 5.69 Å². The van der Waals surface area contributed by atoms with Gasteiger partial charge >= 0.3 is 0 Å². The first-order valence-corrected chi connectivity index (χ1v) is 7.45. The summed E-state index contributed by atoms with van der Waals surface area (Å²) in [6.07, 6.45) is 0. The molecule has 112 valence electrons. The number of aromatic hydroxyl groups is 1. The van der Waals surface area contributed by atoms with E-state index in [1.807, 2.05) is 35.8 Å². The quantitative estimate of drug-likeness (QED) is 0.663. The van der Waals surface area contributed by atoms with Crippen molar-refractivity contribution < 1.29 is 5.11 Å². The zero-order chi connectivity index (χ0) is 15.4. The second-order valence-electron chi connectivity index (χ2n) is 5.23. The lowest BCUT2D eigenvalue weighted by atomic mass is 10.2. The zero-order valence-corrected chi connectivity index (χ0v) is 13.3. The molecule has 0 bridgehead atoms. The maximum Gasteiger partial charge on any atom is 0.220 e. The average Bonchev–Trinajstić information content (AvgIpc) is 2.70. The molecular formula is C15H20N4OS. The molecule has 0 aliphatic carbocycles. The minimum atomic E-state index is 0.132. The van der Waals surface area contributed by atoms with Crippen LogP contribution in [0.1, 0.15) is 20.8 Å². The summed E-state index contributed by atoms with van der Waals surface area (Å²) in [7, 11) is 0. The van der Waals surface area contributed by atoms with Gasteiger partial charge in [0.05, 0.1) is 5.52 Å². The lowest BCUT2D eigenvalue weighted by Crippen LogP contribution is -2.17. The summed E-state index contributed by atoms with van der Waals surface area (Å²) in [5.41, 5.74) is 1.42. The van der Waals surface area contributed by atoms with Crippen molar-refractivity contribution in [3.8, 4) is 5.88 Å². The fraction of sp³-hybridized carbons (Fsp3) is 0.400. The van der Waals surface area contributed by atoms with Gasteiger partial charge in [-0.15, -0.1) is 10.2 Å². The number of thiocarbonyl (C=S) groups is 1. The Morgan fingerprint density at radius 2 is 2.10 bits per heavy atom. The third kappa shape index (κ3) is 3.39. The van der Waals surface area contributed by atoms with E-state index in [4.69, 9.17) is 12.2 Å². The molecule has 5 nitrogen and oxygen atoms in total. The molecule has 0 radical (unpaired) electrons. The van der Waals surface area contributed by atoms with Crippen LogP contribution >= 0.6 is 12.2 Å². The van der Waals surface area contributed by atoms with Gasteiger partial charge in [-0.1, -0.05) is 32.0 Å². The molecule has 0 aliphatic heterocycles. The first-order valence-electron chi connectivity index (χ1n) is 7.04. The Kier molecular flexibility index (Phi) is 4.90. The van der Waals surface area contributed by atoms with Gasteiger partial charge in [-0.05, 0) is 31.1 Å². The highest BCUT2D eigenvalue weighted by atomic mass is 32.1. The Morgan fingerprint density at radius 1 is 1.38 bits per heavy atom. The van der Waals surface area contributed by atoms with Crippen molar-refractivity contribution in [2.75, 3.05) is 6.54 Å². The van der Waals surface area contributed by atoms with Crippen LogP contribution in [0.4, 0.5) is 5.69 Å². The van der Waals surface area contributed by atoms with Crippen molar-refractivity contribution in [1.29, 1.82) is 0 Å². The topological polar surface area (TPSA) is 61.9 Å². The van der Waals surface area contributed by atoms with Crippen molar-refractivity contribution in [3.63, 3.8) is 0 Å². The minimum Gasteiger partial charge on any atom is -0.493 e. The fourth-order valence-electron chi connectivity index (χ4n) is 2.20. The van der Waals surface area contributed by atoms with Crippen molar-refractivity contribution in [2.45, 2.75) is 27.3 Å². The Bertz CT molecular complexity index is 676. The van der Waals surface area contributed by atoms with Crippen LogP contribution in [0.3, 0.4) is 0 Å². The number of nitrogens with one attached hydrogen (secondary N) is 1. The standard InChI is InChI=1S/C15H20N4OS/c1-4-16-15(21)18-17-13-11-7-5-6-8-12(11)19(14(13)20)9-10(2)3/h5-8,10,20H,4,9H2,1-3H3,(H,16,21). The molecule has 2 rings (SSSR count). The van der Waals surface area contributed by atoms with Crippen LogP contribution in [-0.4, -0.2) is 21.3 Å². The predicted octanol–water partition coefficient (Wildman–Crippen LogP) is 3.98. The molecule has 0 spiro atoms. The van der Waals surface area contributed by atoms with E-state index in [0.29, 0.717) is 23.3 Å². The summed E-state index contributed by atoms with van der Waals surface area (Å²) < 4.78 is 1.87. The molecule has 6 heteroatoms. The van der Waals surface area contributed by atoms with Crippen LogP contribution < -0.4 is 5.32 Å².